The molecular formula is C12H9ClFN3OS. The molecule has 7 heteroatoms. The highest BCUT2D eigenvalue weighted by Gasteiger charge is 2.27. The Balaban J connectivity index is 1.76. The van der Waals surface area contributed by atoms with E-state index in [0.717, 1.165) is 23.9 Å². The summed E-state index contributed by atoms with van der Waals surface area (Å²) in [5.41, 5.74) is 0.214. The number of halogens is 2. The molecule has 2 aromatic rings. The smallest absolute Gasteiger partial charge is 0.259 e. The summed E-state index contributed by atoms with van der Waals surface area (Å²) in [5, 5.41) is 12.0. The monoisotopic (exact) mass is 297 g/mol. The number of hydrogen-bond donors (Lipinski definition) is 1. The van der Waals surface area contributed by atoms with E-state index in [1.807, 2.05) is 0 Å². The van der Waals surface area contributed by atoms with Crippen LogP contribution in [0.4, 0.5) is 9.52 Å². The van der Waals surface area contributed by atoms with Gasteiger partial charge in [-0.25, -0.2) is 4.39 Å². The van der Waals surface area contributed by atoms with Crippen LogP contribution in [0.2, 0.25) is 5.02 Å². The standard InChI is InChI=1S/C12H9ClFN3OS/c13-9-5-7(14)3-4-8(9)10(18)15-12-17-16-11(19-12)6-1-2-6/h3-6H,1-2H2,(H,15,17,18). The zero-order valence-corrected chi connectivity index (χ0v) is 11.3. The fourth-order valence-corrected chi connectivity index (χ4v) is 2.78. The second-order valence-corrected chi connectivity index (χ2v) is 5.71. The number of aromatic nitrogens is 2. The van der Waals surface area contributed by atoms with Crippen LogP contribution in [0.5, 0.6) is 0 Å². The topological polar surface area (TPSA) is 54.9 Å². The molecule has 0 atom stereocenters. The van der Waals surface area contributed by atoms with Crippen LogP contribution in [0.25, 0.3) is 0 Å². The summed E-state index contributed by atoms with van der Waals surface area (Å²) in [4.78, 5) is 12.0. The lowest BCUT2D eigenvalue weighted by atomic mass is 10.2. The molecule has 0 radical (unpaired) electrons. The fourth-order valence-electron chi connectivity index (χ4n) is 1.62. The lowest BCUT2D eigenvalue weighted by Gasteiger charge is -2.03. The molecule has 19 heavy (non-hydrogen) atoms. The van der Waals surface area contributed by atoms with Crippen molar-refractivity contribution in [1.29, 1.82) is 0 Å². The molecule has 1 amide bonds. The Bertz CT molecular complexity index is 642. The van der Waals surface area contributed by atoms with E-state index in [-0.39, 0.29) is 10.6 Å². The van der Waals surface area contributed by atoms with Gasteiger partial charge in [-0.15, -0.1) is 10.2 Å². The van der Waals surface area contributed by atoms with Crippen molar-refractivity contribution in [2.24, 2.45) is 0 Å². The van der Waals surface area contributed by atoms with Gasteiger partial charge in [-0.05, 0) is 31.0 Å². The molecule has 1 aromatic carbocycles. The Morgan fingerprint density at radius 2 is 2.21 bits per heavy atom. The molecular weight excluding hydrogens is 289 g/mol. The number of rotatable bonds is 3. The third-order valence-corrected chi connectivity index (χ3v) is 4.08. The average Bonchev–Trinajstić information content (AvgIpc) is 3.10. The highest BCUT2D eigenvalue weighted by molar-refractivity contribution is 7.15. The van der Waals surface area contributed by atoms with Crippen molar-refractivity contribution in [3.63, 3.8) is 0 Å². The predicted molar refractivity (Wildman–Crippen MR) is 71.2 cm³/mol. The van der Waals surface area contributed by atoms with Gasteiger partial charge in [0.1, 0.15) is 10.8 Å². The van der Waals surface area contributed by atoms with E-state index in [2.05, 4.69) is 15.5 Å². The minimum atomic E-state index is -0.478. The van der Waals surface area contributed by atoms with Crippen LogP contribution in [-0.4, -0.2) is 16.1 Å². The molecule has 1 fully saturated rings. The summed E-state index contributed by atoms with van der Waals surface area (Å²) in [6, 6.07) is 3.64. The number of nitrogens with zero attached hydrogens (tertiary/aromatic N) is 2. The Morgan fingerprint density at radius 3 is 2.89 bits per heavy atom. The van der Waals surface area contributed by atoms with Crippen molar-refractivity contribution < 1.29 is 9.18 Å². The molecule has 0 aliphatic heterocycles. The van der Waals surface area contributed by atoms with Crippen molar-refractivity contribution in [3.05, 3.63) is 39.6 Å². The maximum atomic E-state index is 12.9. The maximum absolute atomic E-state index is 12.9. The first-order valence-electron chi connectivity index (χ1n) is 5.73. The molecule has 3 rings (SSSR count). The van der Waals surface area contributed by atoms with Gasteiger partial charge >= 0.3 is 0 Å². The zero-order valence-electron chi connectivity index (χ0n) is 9.69. The van der Waals surface area contributed by atoms with E-state index in [1.54, 1.807) is 0 Å². The zero-order chi connectivity index (χ0) is 13.4. The van der Waals surface area contributed by atoms with Crippen LogP contribution < -0.4 is 5.32 Å². The van der Waals surface area contributed by atoms with Crippen molar-refractivity contribution in [3.8, 4) is 0 Å². The van der Waals surface area contributed by atoms with Crippen LogP contribution >= 0.6 is 22.9 Å². The largest absolute Gasteiger partial charge is 0.296 e. The van der Waals surface area contributed by atoms with Crippen molar-refractivity contribution in [2.45, 2.75) is 18.8 Å². The van der Waals surface area contributed by atoms with Crippen LogP contribution in [0.3, 0.4) is 0 Å². The average molecular weight is 298 g/mol. The highest BCUT2D eigenvalue weighted by atomic mass is 35.5. The van der Waals surface area contributed by atoms with Crippen molar-refractivity contribution in [1.82, 2.24) is 10.2 Å². The van der Waals surface area contributed by atoms with E-state index in [1.165, 1.54) is 23.5 Å². The Hall–Kier alpha value is -1.53. The van der Waals surface area contributed by atoms with Crippen LogP contribution in [0, 0.1) is 5.82 Å². The van der Waals surface area contributed by atoms with E-state index in [4.69, 9.17) is 11.6 Å². The van der Waals surface area contributed by atoms with Crippen molar-refractivity contribution >= 4 is 34.0 Å². The van der Waals surface area contributed by atoms with E-state index < -0.39 is 11.7 Å². The molecule has 1 aliphatic carbocycles. The number of amides is 1. The molecule has 98 valence electrons. The van der Waals surface area contributed by atoms with Crippen LogP contribution in [0.1, 0.15) is 34.1 Å². The minimum absolute atomic E-state index is 0.0735. The van der Waals surface area contributed by atoms with Gasteiger partial charge in [0, 0.05) is 5.92 Å². The second-order valence-electron chi connectivity index (χ2n) is 4.30. The number of hydrogen-bond acceptors (Lipinski definition) is 4. The molecule has 1 heterocycles. The van der Waals surface area contributed by atoms with Gasteiger partial charge in [0.25, 0.3) is 5.91 Å². The first kappa shape index (κ1) is 12.5. The molecule has 1 aliphatic rings. The summed E-state index contributed by atoms with van der Waals surface area (Å²) in [7, 11) is 0. The van der Waals surface area contributed by atoms with Gasteiger partial charge in [-0.2, -0.15) is 0 Å². The van der Waals surface area contributed by atoms with Crippen molar-refractivity contribution in [2.75, 3.05) is 5.32 Å². The highest BCUT2D eigenvalue weighted by Crippen LogP contribution is 2.42. The summed E-state index contributed by atoms with van der Waals surface area (Å²) in [6.45, 7) is 0. The Labute approximate surface area is 117 Å². The van der Waals surface area contributed by atoms with E-state index in [0.29, 0.717) is 11.0 Å². The first-order valence-corrected chi connectivity index (χ1v) is 6.93. The van der Waals surface area contributed by atoms with Gasteiger partial charge < -0.3 is 0 Å². The number of anilines is 1. The second kappa shape index (κ2) is 4.86. The molecule has 1 aromatic heterocycles. The van der Waals surface area contributed by atoms with Gasteiger partial charge in [0.15, 0.2) is 0 Å². The van der Waals surface area contributed by atoms with Gasteiger partial charge in [0.2, 0.25) is 5.13 Å². The normalized spacial score (nSPS) is 14.4. The van der Waals surface area contributed by atoms with Crippen LogP contribution in [-0.2, 0) is 0 Å². The Kier molecular flexibility index (Phi) is 3.20. The lowest BCUT2D eigenvalue weighted by Crippen LogP contribution is -2.12. The van der Waals surface area contributed by atoms with E-state index >= 15 is 0 Å². The minimum Gasteiger partial charge on any atom is -0.296 e. The molecule has 0 bridgehead atoms. The number of carbonyl (C=O) groups excluding carboxylic acids is 1. The molecule has 4 nitrogen and oxygen atoms in total. The molecule has 0 spiro atoms. The van der Waals surface area contributed by atoms with Crippen LogP contribution in [0.15, 0.2) is 18.2 Å². The molecule has 1 N–H and O–H groups in total. The SMILES string of the molecule is O=C(Nc1nnc(C2CC2)s1)c1ccc(F)cc1Cl. The maximum Gasteiger partial charge on any atom is 0.259 e. The quantitative estimate of drug-likeness (QED) is 0.944. The summed E-state index contributed by atoms with van der Waals surface area (Å²) in [6.07, 6.45) is 2.26. The Morgan fingerprint density at radius 1 is 1.42 bits per heavy atom. The lowest BCUT2D eigenvalue weighted by molar-refractivity contribution is 0.102. The fraction of sp³-hybridized carbons (Fsp3) is 0.250. The summed E-state index contributed by atoms with van der Waals surface area (Å²) >= 11 is 7.19. The van der Waals surface area contributed by atoms with Gasteiger partial charge in [-0.1, -0.05) is 22.9 Å². The summed E-state index contributed by atoms with van der Waals surface area (Å²) < 4.78 is 12.9. The van der Waals surface area contributed by atoms with Gasteiger partial charge in [-0.3, -0.25) is 10.1 Å². The van der Waals surface area contributed by atoms with E-state index in [9.17, 15) is 9.18 Å². The number of nitrogens with one attached hydrogen (secondary N) is 1. The summed E-state index contributed by atoms with van der Waals surface area (Å²) in [5.74, 6) is -0.394. The first-order chi connectivity index (χ1) is 9.13. The molecule has 0 saturated heterocycles. The number of benzene rings is 1. The van der Waals surface area contributed by atoms with Gasteiger partial charge in [0.05, 0.1) is 10.6 Å². The third-order valence-electron chi connectivity index (χ3n) is 2.76. The third kappa shape index (κ3) is 2.74. The molecule has 0 unspecified atom stereocenters. The predicted octanol–water partition coefficient (Wildman–Crippen LogP) is 3.46. The molecule has 1 saturated carbocycles. The number of carbonyl (C=O) groups is 1.